The number of alkyl halides is 2. The Bertz CT molecular complexity index is 907. The zero-order valence-electron chi connectivity index (χ0n) is 15.8. The van der Waals surface area contributed by atoms with Crippen LogP contribution < -0.4 is 10.1 Å². The van der Waals surface area contributed by atoms with Crippen LogP contribution in [-0.2, 0) is 15.0 Å². The van der Waals surface area contributed by atoms with Gasteiger partial charge in [-0.1, -0.05) is 19.9 Å². The second kappa shape index (κ2) is 7.61. The normalized spacial score (nSPS) is 15.5. The summed E-state index contributed by atoms with van der Waals surface area (Å²) in [5.41, 5.74) is 0.769. The fraction of sp³-hybridized carbons (Fsp3) is 0.400. The number of nitrogens with zero attached hydrogens (tertiary/aromatic N) is 2. The van der Waals surface area contributed by atoms with Gasteiger partial charge >= 0.3 is 6.61 Å². The highest BCUT2D eigenvalue weighted by atomic mass is 19.3. The molecule has 1 saturated carbocycles. The number of pyridine rings is 2. The van der Waals surface area contributed by atoms with Gasteiger partial charge < -0.3 is 10.1 Å². The van der Waals surface area contributed by atoms with Gasteiger partial charge in [0.15, 0.2) is 0 Å². The van der Waals surface area contributed by atoms with E-state index in [4.69, 9.17) is 0 Å². The molecule has 3 rings (SSSR count). The van der Waals surface area contributed by atoms with Crippen LogP contribution in [0.3, 0.4) is 0 Å². The molecule has 0 bridgehead atoms. The molecule has 2 aromatic heterocycles. The number of carbonyl (C=O) groups excluding carboxylic acids is 2. The van der Waals surface area contributed by atoms with E-state index in [1.54, 1.807) is 25.3 Å². The molecule has 0 aliphatic heterocycles. The van der Waals surface area contributed by atoms with E-state index in [1.165, 1.54) is 6.07 Å². The Balaban J connectivity index is 1.97. The molecule has 0 aromatic carbocycles. The molecular weight excluding hydrogens is 368 g/mol. The number of ketones is 1. The third kappa shape index (κ3) is 3.72. The van der Waals surface area contributed by atoms with Crippen LogP contribution in [0.4, 0.5) is 14.5 Å². The highest BCUT2D eigenvalue weighted by Crippen LogP contribution is 2.44. The molecule has 0 atom stereocenters. The summed E-state index contributed by atoms with van der Waals surface area (Å²) < 4.78 is 29.9. The minimum absolute atomic E-state index is 0.0138. The maximum Gasteiger partial charge on any atom is 0.388 e. The largest absolute Gasteiger partial charge is 0.415 e. The molecule has 1 aliphatic carbocycles. The third-order valence-corrected chi connectivity index (χ3v) is 4.80. The molecule has 0 unspecified atom stereocenters. The molecule has 2 heterocycles. The molecule has 0 saturated heterocycles. The number of amides is 1. The average Bonchev–Trinajstić information content (AvgIpc) is 2.60. The van der Waals surface area contributed by atoms with Crippen molar-refractivity contribution in [3.05, 3.63) is 47.4 Å². The van der Waals surface area contributed by atoms with E-state index in [0.717, 1.165) is 5.56 Å². The lowest BCUT2D eigenvalue weighted by Crippen LogP contribution is -2.52. The van der Waals surface area contributed by atoms with Crippen LogP contribution in [0.5, 0.6) is 5.88 Å². The molecule has 0 spiro atoms. The number of hydrogen-bond donors (Lipinski definition) is 1. The maximum atomic E-state index is 13.2. The minimum Gasteiger partial charge on any atom is -0.415 e. The summed E-state index contributed by atoms with van der Waals surface area (Å²) in [5.74, 6) is -0.809. The van der Waals surface area contributed by atoms with Crippen LogP contribution in [0.2, 0.25) is 0 Å². The van der Waals surface area contributed by atoms with Gasteiger partial charge in [0.05, 0.1) is 5.69 Å². The van der Waals surface area contributed by atoms with E-state index < -0.39 is 17.9 Å². The van der Waals surface area contributed by atoms with Crippen LogP contribution in [0.1, 0.15) is 49.6 Å². The Hall–Kier alpha value is -2.90. The topological polar surface area (TPSA) is 81.2 Å². The second-order valence-electron chi connectivity index (χ2n) is 7.21. The standard InChI is InChI=1S/C20H21F2N3O3/c1-11(2)14-5-4-8-23-16(14)20(9-13(26)10-20)18(27)25-15-7-6-12(3)24-17(15)28-19(21)22/h4-8,11,19H,9-10H2,1-3H3,(H,25,27). The van der Waals surface area contributed by atoms with Crippen LogP contribution in [0.25, 0.3) is 0 Å². The van der Waals surface area contributed by atoms with Gasteiger partial charge in [-0.3, -0.25) is 14.6 Å². The molecule has 1 fully saturated rings. The smallest absolute Gasteiger partial charge is 0.388 e. The van der Waals surface area contributed by atoms with Crippen molar-refractivity contribution >= 4 is 17.4 Å². The van der Waals surface area contributed by atoms with E-state index in [1.807, 2.05) is 19.9 Å². The number of aromatic nitrogens is 2. The highest BCUT2D eigenvalue weighted by Gasteiger charge is 2.53. The molecule has 2 aromatic rings. The van der Waals surface area contributed by atoms with Crippen molar-refractivity contribution in [2.75, 3.05) is 5.32 Å². The lowest BCUT2D eigenvalue weighted by atomic mass is 9.63. The van der Waals surface area contributed by atoms with Gasteiger partial charge in [-0.2, -0.15) is 8.78 Å². The Kier molecular flexibility index (Phi) is 5.40. The summed E-state index contributed by atoms with van der Waals surface area (Å²) in [4.78, 5) is 33.3. The summed E-state index contributed by atoms with van der Waals surface area (Å²) in [7, 11) is 0. The van der Waals surface area contributed by atoms with Gasteiger partial charge in [0.2, 0.25) is 11.8 Å². The summed E-state index contributed by atoms with van der Waals surface area (Å²) in [6.07, 6.45) is 1.61. The van der Waals surface area contributed by atoms with Crippen molar-refractivity contribution in [1.82, 2.24) is 9.97 Å². The number of ether oxygens (including phenoxy) is 1. The molecule has 0 radical (unpaired) electrons. The molecule has 1 N–H and O–H groups in total. The van der Waals surface area contributed by atoms with Gasteiger partial charge in [-0.15, -0.1) is 0 Å². The van der Waals surface area contributed by atoms with Crippen LogP contribution >= 0.6 is 0 Å². The van der Waals surface area contributed by atoms with E-state index in [-0.39, 0.29) is 36.1 Å². The molecular formula is C20H21F2N3O3. The number of carbonyl (C=O) groups is 2. The first-order valence-electron chi connectivity index (χ1n) is 8.94. The zero-order valence-corrected chi connectivity index (χ0v) is 15.8. The van der Waals surface area contributed by atoms with Crippen molar-refractivity contribution in [2.24, 2.45) is 0 Å². The van der Waals surface area contributed by atoms with Crippen LogP contribution in [0, 0.1) is 6.92 Å². The molecule has 148 valence electrons. The molecule has 1 aliphatic rings. The first kappa shape index (κ1) is 19.9. The predicted octanol–water partition coefficient (Wildman–Crippen LogP) is 3.75. The zero-order chi connectivity index (χ0) is 20.5. The van der Waals surface area contributed by atoms with E-state index in [9.17, 15) is 18.4 Å². The Morgan fingerprint density at radius 3 is 2.57 bits per heavy atom. The predicted molar refractivity (Wildman–Crippen MR) is 98.5 cm³/mol. The van der Waals surface area contributed by atoms with Crippen molar-refractivity contribution < 1.29 is 23.1 Å². The lowest BCUT2D eigenvalue weighted by molar-refractivity contribution is -0.138. The first-order chi connectivity index (χ1) is 13.2. The van der Waals surface area contributed by atoms with Gasteiger partial charge in [0, 0.05) is 24.7 Å². The number of hydrogen-bond acceptors (Lipinski definition) is 5. The number of Topliss-reactive ketones (excluding diaryl/α,β-unsaturated/α-hetero) is 1. The number of halogens is 2. The van der Waals surface area contributed by atoms with Crippen molar-refractivity contribution in [2.45, 2.75) is 51.6 Å². The van der Waals surface area contributed by atoms with Crippen LogP contribution in [0.15, 0.2) is 30.5 Å². The highest BCUT2D eigenvalue weighted by molar-refractivity contribution is 6.09. The number of aryl methyl sites for hydroxylation is 1. The fourth-order valence-electron chi connectivity index (χ4n) is 3.38. The molecule has 6 nitrogen and oxygen atoms in total. The number of rotatable bonds is 6. The van der Waals surface area contributed by atoms with Crippen LogP contribution in [-0.4, -0.2) is 28.3 Å². The SMILES string of the molecule is Cc1ccc(NC(=O)C2(c3ncccc3C(C)C)CC(=O)C2)c(OC(F)F)n1. The third-order valence-electron chi connectivity index (χ3n) is 4.80. The van der Waals surface area contributed by atoms with Gasteiger partial charge in [0.1, 0.15) is 16.9 Å². The lowest BCUT2D eigenvalue weighted by Gasteiger charge is -2.39. The van der Waals surface area contributed by atoms with Crippen molar-refractivity contribution in [3.63, 3.8) is 0 Å². The Morgan fingerprint density at radius 2 is 1.96 bits per heavy atom. The maximum absolute atomic E-state index is 13.2. The van der Waals surface area contributed by atoms with Gasteiger partial charge in [-0.25, -0.2) is 4.98 Å². The summed E-state index contributed by atoms with van der Waals surface area (Å²) in [6.45, 7) is 2.50. The second-order valence-corrected chi connectivity index (χ2v) is 7.21. The van der Waals surface area contributed by atoms with E-state index in [0.29, 0.717) is 11.4 Å². The number of anilines is 1. The molecule has 28 heavy (non-hydrogen) atoms. The Labute approximate surface area is 161 Å². The van der Waals surface area contributed by atoms with E-state index in [2.05, 4.69) is 20.0 Å². The summed E-state index contributed by atoms with van der Waals surface area (Å²) in [5, 5.41) is 2.62. The fourth-order valence-corrected chi connectivity index (χ4v) is 3.38. The van der Waals surface area contributed by atoms with Crippen molar-refractivity contribution in [3.8, 4) is 5.88 Å². The molecule has 8 heteroatoms. The van der Waals surface area contributed by atoms with E-state index >= 15 is 0 Å². The minimum atomic E-state index is -3.08. The average molecular weight is 389 g/mol. The molecule has 1 amide bonds. The Morgan fingerprint density at radius 1 is 1.25 bits per heavy atom. The van der Waals surface area contributed by atoms with Gasteiger partial charge in [-0.05, 0) is 36.6 Å². The summed E-state index contributed by atoms with van der Waals surface area (Å²) in [6, 6.07) is 6.69. The van der Waals surface area contributed by atoms with Gasteiger partial charge in [0.25, 0.3) is 0 Å². The monoisotopic (exact) mass is 389 g/mol. The number of nitrogens with one attached hydrogen (secondary N) is 1. The quantitative estimate of drug-likeness (QED) is 0.814. The first-order valence-corrected chi connectivity index (χ1v) is 8.94. The van der Waals surface area contributed by atoms with Crippen molar-refractivity contribution in [1.29, 1.82) is 0 Å². The summed E-state index contributed by atoms with van der Waals surface area (Å²) >= 11 is 0.